The molecule has 0 aliphatic heterocycles. The molecule has 0 bridgehead atoms. The number of benzene rings is 1. The van der Waals surface area contributed by atoms with E-state index >= 15 is 0 Å². The molecule has 1 amide bonds. The summed E-state index contributed by atoms with van der Waals surface area (Å²) in [5.41, 5.74) is 0.410. The Morgan fingerprint density at radius 1 is 1.40 bits per heavy atom. The Hall–Kier alpha value is -2.04. The van der Waals surface area contributed by atoms with Gasteiger partial charge in [-0.2, -0.15) is 0 Å². The highest BCUT2D eigenvalue weighted by Crippen LogP contribution is 2.24. The normalized spacial score (nSPS) is 13.7. The van der Waals surface area contributed by atoms with Gasteiger partial charge in [-0.25, -0.2) is 0 Å². The maximum atomic E-state index is 11.6. The number of ether oxygens (including phenoxy) is 2. The molecule has 1 saturated carbocycles. The molecular weight excluding hydrogens is 258 g/mol. The molecule has 1 aromatic rings. The van der Waals surface area contributed by atoms with Crippen molar-refractivity contribution in [3.05, 3.63) is 23.8 Å². The predicted octanol–water partition coefficient (Wildman–Crippen LogP) is 1.95. The second kappa shape index (κ2) is 6.93. The van der Waals surface area contributed by atoms with Crippen LogP contribution < -0.4 is 14.8 Å². The summed E-state index contributed by atoms with van der Waals surface area (Å²) in [6.45, 7) is 2.52. The summed E-state index contributed by atoms with van der Waals surface area (Å²) in [7, 11) is 0. The van der Waals surface area contributed by atoms with Gasteiger partial charge in [-0.1, -0.05) is 6.92 Å². The number of amides is 1. The lowest BCUT2D eigenvalue weighted by molar-refractivity contribution is -0.123. The van der Waals surface area contributed by atoms with Crippen LogP contribution in [0.25, 0.3) is 0 Å². The van der Waals surface area contributed by atoms with E-state index in [4.69, 9.17) is 9.47 Å². The first-order valence-electron chi connectivity index (χ1n) is 6.87. The van der Waals surface area contributed by atoms with Gasteiger partial charge in [0.2, 0.25) is 0 Å². The van der Waals surface area contributed by atoms with Crippen molar-refractivity contribution in [3.63, 3.8) is 0 Å². The van der Waals surface area contributed by atoms with Crippen LogP contribution in [0.3, 0.4) is 0 Å². The molecule has 0 unspecified atom stereocenters. The molecule has 1 N–H and O–H groups in total. The van der Waals surface area contributed by atoms with E-state index < -0.39 is 0 Å². The Labute approximate surface area is 118 Å². The lowest BCUT2D eigenvalue weighted by atomic mass is 10.2. The standard InChI is InChI=1S/C15H19NO4/c1-2-7-19-13-6-3-11(9-17)14(8-13)20-10-15(18)16-12-4-5-12/h3,6,8-9,12H,2,4-5,7,10H2,1H3,(H,16,18). The molecule has 1 aliphatic rings. The van der Waals surface area contributed by atoms with E-state index in [1.807, 2.05) is 6.92 Å². The maximum absolute atomic E-state index is 11.6. The van der Waals surface area contributed by atoms with E-state index in [0.29, 0.717) is 36.0 Å². The van der Waals surface area contributed by atoms with E-state index in [1.54, 1.807) is 18.2 Å². The van der Waals surface area contributed by atoms with Gasteiger partial charge in [0.15, 0.2) is 12.9 Å². The van der Waals surface area contributed by atoms with Crippen molar-refractivity contribution in [2.24, 2.45) is 0 Å². The number of carbonyl (C=O) groups is 2. The zero-order chi connectivity index (χ0) is 14.4. The highest BCUT2D eigenvalue weighted by Gasteiger charge is 2.23. The number of nitrogens with one attached hydrogen (secondary N) is 1. The molecule has 20 heavy (non-hydrogen) atoms. The van der Waals surface area contributed by atoms with Crippen LogP contribution >= 0.6 is 0 Å². The Bertz CT molecular complexity index is 483. The molecule has 0 atom stereocenters. The van der Waals surface area contributed by atoms with Crippen molar-refractivity contribution < 1.29 is 19.1 Å². The van der Waals surface area contributed by atoms with Gasteiger partial charge in [-0.15, -0.1) is 0 Å². The summed E-state index contributed by atoms with van der Waals surface area (Å²) >= 11 is 0. The van der Waals surface area contributed by atoms with Gasteiger partial charge in [-0.3, -0.25) is 9.59 Å². The molecule has 1 fully saturated rings. The largest absolute Gasteiger partial charge is 0.493 e. The Kier molecular flexibility index (Phi) is 4.98. The summed E-state index contributed by atoms with van der Waals surface area (Å²) < 4.78 is 10.9. The first-order chi connectivity index (χ1) is 9.72. The van der Waals surface area contributed by atoms with E-state index in [1.165, 1.54) is 0 Å². The molecule has 1 aliphatic carbocycles. The van der Waals surface area contributed by atoms with E-state index in [0.717, 1.165) is 19.3 Å². The number of hydrogen-bond donors (Lipinski definition) is 1. The number of rotatable bonds is 8. The van der Waals surface area contributed by atoms with Gasteiger partial charge in [0.1, 0.15) is 11.5 Å². The Morgan fingerprint density at radius 2 is 2.20 bits per heavy atom. The zero-order valence-corrected chi connectivity index (χ0v) is 11.6. The van der Waals surface area contributed by atoms with Crippen molar-refractivity contribution in [1.29, 1.82) is 0 Å². The van der Waals surface area contributed by atoms with Gasteiger partial charge < -0.3 is 14.8 Å². The first-order valence-corrected chi connectivity index (χ1v) is 6.87. The highest BCUT2D eigenvalue weighted by atomic mass is 16.5. The third-order valence-electron chi connectivity index (χ3n) is 2.89. The van der Waals surface area contributed by atoms with Gasteiger partial charge >= 0.3 is 0 Å². The SMILES string of the molecule is CCCOc1ccc(C=O)c(OCC(=O)NC2CC2)c1. The maximum Gasteiger partial charge on any atom is 0.258 e. The van der Waals surface area contributed by atoms with Gasteiger partial charge in [-0.05, 0) is 31.4 Å². The minimum absolute atomic E-state index is 0.0887. The van der Waals surface area contributed by atoms with Crippen LogP contribution in [0.5, 0.6) is 11.5 Å². The fraction of sp³-hybridized carbons (Fsp3) is 0.467. The van der Waals surface area contributed by atoms with Crippen LogP contribution in [0.4, 0.5) is 0 Å². The molecule has 5 nitrogen and oxygen atoms in total. The quantitative estimate of drug-likeness (QED) is 0.738. The monoisotopic (exact) mass is 277 g/mol. The summed E-state index contributed by atoms with van der Waals surface area (Å²) in [5.74, 6) is 0.846. The fourth-order valence-electron chi connectivity index (χ4n) is 1.69. The second-order valence-electron chi connectivity index (χ2n) is 4.80. The predicted molar refractivity (Wildman–Crippen MR) is 74.3 cm³/mol. The number of aldehydes is 1. The number of hydrogen-bond acceptors (Lipinski definition) is 4. The van der Waals surface area contributed by atoms with E-state index in [2.05, 4.69) is 5.32 Å². The lowest BCUT2D eigenvalue weighted by Gasteiger charge is -2.11. The smallest absolute Gasteiger partial charge is 0.258 e. The summed E-state index contributed by atoms with van der Waals surface area (Å²) in [4.78, 5) is 22.5. The first kappa shape index (κ1) is 14.4. The molecule has 0 radical (unpaired) electrons. The van der Waals surface area contributed by atoms with Crippen LogP contribution in [0.1, 0.15) is 36.5 Å². The molecule has 5 heteroatoms. The average Bonchev–Trinajstić information content (AvgIpc) is 3.26. The molecule has 1 aromatic carbocycles. The Morgan fingerprint density at radius 3 is 2.85 bits per heavy atom. The molecule has 0 heterocycles. The molecule has 0 saturated heterocycles. The van der Waals surface area contributed by atoms with Crippen LogP contribution in [0.2, 0.25) is 0 Å². The van der Waals surface area contributed by atoms with Crippen molar-refractivity contribution in [3.8, 4) is 11.5 Å². The van der Waals surface area contributed by atoms with Crippen LogP contribution in [-0.4, -0.2) is 31.4 Å². The minimum atomic E-state index is -0.163. The Balaban J connectivity index is 1.95. The molecule has 2 rings (SSSR count). The summed E-state index contributed by atoms with van der Waals surface area (Å²) in [6.07, 6.45) is 3.67. The third-order valence-corrected chi connectivity index (χ3v) is 2.89. The molecule has 0 aromatic heterocycles. The third kappa shape index (κ3) is 4.26. The number of carbonyl (C=O) groups excluding carboxylic acids is 2. The van der Waals surface area contributed by atoms with Crippen LogP contribution in [0, 0.1) is 0 Å². The van der Waals surface area contributed by atoms with Crippen molar-refractivity contribution >= 4 is 12.2 Å². The van der Waals surface area contributed by atoms with Crippen molar-refractivity contribution in [2.45, 2.75) is 32.2 Å². The van der Waals surface area contributed by atoms with Crippen LogP contribution in [-0.2, 0) is 4.79 Å². The van der Waals surface area contributed by atoms with Gasteiger partial charge in [0, 0.05) is 12.1 Å². The molecule has 108 valence electrons. The fourth-order valence-corrected chi connectivity index (χ4v) is 1.69. The molecular formula is C15H19NO4. The lowest BCUT2D eigenvalue weighted by Crippen LogP contribution is -2.30. The average molecular weight is 277 g/mol. The van der Waals surface area contributed by atoms with Crippen molar-refractivity contribution in [2.75, 3.05) is 13.2 Å². The van der Waals surface area contributed by atoms with Crippen molar-refractivity contribution in [1.82, 2.24) is 5.32 Å². The van der Waals surface area contributed by atoms with Crippen LogP contribution in [0.15, 0.2) is 18.2 Å². The highest BCUT2D eigenvalue weighted by molar-refractivity contribution is 5.81. The van der Waals surface area contributed by atoms with E-state index in [-0.39, 0.29) is 12.5 Å². The topological polar surface area (TPSA) is 64.6 Å². The van der Waals surface area contributed by atoms with Gasteiger partial charge in [0.25, 0.3) is 5.91 Å². The van der Waals surface area contributed by atoms with Gasteiger partial charge in [0.05, 0.1) is 12.2 Å². The summed E-state index contributed by atoms with van der Waals surface area (Å²) in [6, 6.07) is 5.29. The van der Waals surface area contributed by atoms with E-state index in [9.17, 15) is 9.59 Å². The zero-order valence-electron chi connectivity index (χ0n) is 11.6. The minimum Gasteiger partial charge on any atom is -0.493 e. The second-order valence-corrected chi connectivity index (χ2v) is 4.80. The molecule has 0 spiro atoms. The summed E-state index contributed by atoms with van der Waals surface area (Å²) in [5, 5.41) is 2.83.